The zero-order valence-electron chi connectivity index (χ0n) is 17.3. The normalized spacial score (nSPS) is 14.2. The highest BCUT2D eigenvalue weighted by Gasteiger charge is 2.24. The lowest BCUT2D eigenvalue weighted by molar-refractivity contribution is 0.0727. The summed E-state index contributed by atoms with van der Waals surface area (Å²) in [6, 6.07) is 22.5. The summed E-state index contributed by atoms with van der Waals surface area (Å²) in [5, 5.41) is 17.9. The summed E-state index contributed by atoms with van der Waals surface area (Å²) in [5.74, 6) is 0.568. The summed E-state index contributed by atoms with van der Waals surface area (Å²) in [6.45, 7) is 1.21. The van der Waals surface area contributed by atoms with E-state index in [9.17, 15) is 9.90 Å². The molecule has 1 atom stereocenters. The Morgan fingerprint density at radius 1 is 1.06 bits per heavy atom. The predicted octanol–water partition coefficient (Wildman–Crippen LogP) is 3.59. The second-order valence-electron chi connectivity index (χ2n) is 7.63. The Hall–Kier alpha value is -3.97. The highest BCUT2D eigenvalue weighted by atomic mass is 16.5. The average molecular weight is 426 g/mol. The van der Waals surface area contributed by atoms with Crippen molar-refractivity contribution in [2.45, 2.75) is 12.6 Å². The average Bonchev–Trinajstić information content (AvgIpc) is 3.25. The molecule has 0 saturated carbocycles. The number of nitrogens with one attached hydrogen (secondary N) is 1. The number of hydrogen-bond acceptors (Lipinski definition) is 5. The number of fused-ring (bicyclic) bond motifs is 1. The van der Waals surface area contributed by atoms with Gasteiger partial charge in [-0.2, -0.15) is 5.10 Å². The smallest absolute Gasteiger partial charge is 0.272 e. The third-order valence-electron chi connectivity index (χ3n) is 5.51. The fourth-order valence-corrected chi connectivity index (χ4v) is 3.82. The van der Waals surface area contributed by atoms with Crippen LogP contribution >= 0.6 is 0 Å². The van der Waals surface area contributed by atoms with Crippen LogP contribution in [0.3, 0.4) is 0 Å². The standard InChI is InChI=1S/C25H22N4O3/c30-24(20-8-4-5-11-26-20)18-9-10-23-19(14-18)16-29(12-13-32-23)25(31)22-15-21(27-28-22)17-6-2-1-3-7-17/h1-11,14-15,24,30H,12-13,16H2,(H,27,28). The number of aliphatic hydroxyl groups excluding tert-OH is 1. The number of carbonyl (C=O) groups excluding carboxylic acids is 1. The quantitative estimate of drug-likeness (QED) is 0.520. The topological polar surface area (TPSA) is 91.3 Å². The first-order valence-electron chi connectivity index (χ1n) is 10.4. The van der Waals surface area contributed by atoms with Crippen molar-refractivity contribution >= 4 is 5.91 Å². The van der Waals surface area contributed by atoms with Gasteiger partial charge in [-0.1, -0.05) is 42.5 Å². The predicted molar refractivity (Wildman–Crippen MR) is 119 cm³/mol. The van der Waals surface area contributed by atoms with Crippen LogP contribution in [0.4, 0.5) is 0 Å². The van der Waals surface area contributed by atoms with Gasteiger partial charge in [-0.05, 0) is 35.9 Å². The van der Waals surface area contributed by atoms with Gasteiger partial charge in [0.25, 0.3) is 5.91 Å². The minimum atomic E-state index is -0.852. The molecule has 1 aliphatic rings. The van der Waals surface area contributed by atoms with Crippen LogP contribution in [-0.2, 0) is 6.54 Å². The van der Waals surface area contributed by atoms with E-state index in [4.69, 9.17) is 4.74 Å². The van der Waals surface area contributed by atoms with Gasteiger partial charge in [0, 0.05) is 23.9 Å². The maximum atomic E-state index is 13.2. The Morgan fingerprint density at radius 2 is 1.91 bits per heavy atom. The highest BCUT2D eigenvalue weighted by Crippen LogP contribution is 2.29. The second kappa shape index (κ2) is 8.64. The van der Waals surface area contributed by atoms with Crippen molar-refractivity contribution in [1.82, 2.24) is 20.1 Å². The van der Waals surface area contributed by atoms with Gasteiger partial charge in [-0.15, -0.1) is 0 Å². The summed E-state index contributed by atoms with van der Waals surface area (Å²) in [6.07, 6.45) is 0.800. The molecule has 32 heavy (non-hydrogen) atoms. The van der Waals surface area contributed by atoms with Gasteiger partial charge in [-0.3, -0.25) is 14.9 Å². The first kappa shape index (κ1) is 20.0. The van der Waals surface area contributed by atoms with Crippen molar-refractivity contribution in [3.05, 3.63) is 102 Å². The Morgan fingerprint density at radius 3 is 2.72 bits per heavy atom. The van der Waals surface area contributed by atoms with E-state index in [0.717, 1.165) is 16.8 Å². The molecule has 2 aromatic carbocycles. The number of aromatic amines is 1. The van der Waals surface area contributed by atoms with Gasteiger partial charge in [0.1, 0.15) is 24.2 Å². The van der Waals surface area contributed by atoms with E-state index in [1.807, 2.05) is 60.7 Å². The van der Waals surface area contributed by atoms with Crippen LogP contribution in [0.2, 0.25) is 0 Å². The molecule has 4 aromatic rings. The number of nitrogens with zero attached hydrogens (tertiary/aromatic N) is 3. The minimum Gasteiger partial charge on any atom is -0.491 e. The molecule has 2 N–H and O–H groups in total. The molecule has 3 heterocycles. The number of H-pyrrole nitrogens is 1. The van der Waals surface area contributed by atoms with E-state index in [1.54, 1.807) is 23.2 Å². The fourth-order valence-electron chi connectivity index (χ4n) is 3.82. The molecule has 0 fully saturated rings. The van der Waals surface area contributed by atoms with E-state index in [0.29, 0.717) is 42.4 Å². The maximum Gasteiger partial charge on any atom is 0.272 e. The van der Waals surface area contributed by atoms with Crippen LogP contribution < -0.4 is 4.74 Å². The van der Waals surface area contributed by atoms with Gasteiger partial charge in [0.2, 0.25) is 0 Å². The van der Waals surface area contributed by atoms with Crippen molar-refractivity contribution in [3.63, 3.8) is 0 Å². The Balaban J connectivity index is 1.38. The van der Waals surface area contributed by atoms with Crippen LogP contribution in [0.15, 0.2) is 79.0 Å². The van der Waals surface area contributed by atoms with Gasteiger partial charge < -0.3 is 14.7 Å². The summed E-state index contributed by atoms with van der Waals surface area (Å²) in [7, 11) is 0. The molecule has 7 nitrogen and oxygen atoms in total. The largest absolute Gasteiger partial charge is 0.491 e. The first-order valence-corrected chi connectivity index (χ1v) is 10.4. The molecule has 1 aliphatic heterocycles. The number of pyridine rings is 1. The van der Waals surface area contributed by atoms with Gasteiger partial charge >= 0.3 is 0 Å². The lowest BCUT2D eigenvalue weighted by Crippen LogP contribution is -2.32. The van der Waals surface area contributed by atoms with Gasteiger partial charge in [0.15, 0.2) is 0 Å². The van der Waals surface area contributed by atoms with E-state index in [2.05, 4.69) is 15.2 Å². The van der Waals surface area contributed by atoms with Crippen molar-refractivity contribution in [2.24, 2.45) is 0 Å². The van der Waals surface area contributed by atoms with E-state index < -0.39 is 6.10 Å². The van der Waals surface area contributed by atoms with Crippen molar-refractivity contribution in [3.8, 4) is 17.0 Å². The molecule has 1 amide bonds. The molecule has 0 aliphatic carbocycles. The first-order chi connectivity index (χ1) is 15.7. The van der Waals surface area contributed by atoms with Gasteiger partial charge in [-0.25, -0.2) is 0 Å². The number of carbonyl (C=O) groups is 1. The SMILES string of the molecule is O=C(c1cc(-c2ccccc2)n[nH]1)N1CCOc2ccc(C(O)c3ccccn3)cc2C1. The summed E-state index contributed by atoms with van der Waals surface area (Å²) in [5.41, 5.74) is 4.21. The van der Waals surface area contributed by atoms with E-state index in [1.165, 1.54) is 0 Å². The van der Waals surface area contributed by atoms with Crippen LogP contribution in [-0.4, -0.2) is 44.2 Å². The molecule has 1 unspecified atom stereocenters. The summed E-state index contributed by atoms with van der Waals surface area (Å²) >= 11 is 0. The number of aliphatic hydroxyl groups is 1. The van der Waals surface area contributed by atoms with Crippen LogP contribution in [0.5, 0.6) is 5.75 Å². The van der Waals surface area contributed by atoms with Gasteiger partial charge in [0.05, 0.1) is 17.9 Å². The number of rotatable bonds is 4. The molecule has 0 saturated heterocycles. The highest BCUT2D eigenvalue weighted by molar-refractivity contribution is 5.93. The molecule has 2 aromatic heterocycles. The number of amides is 1. The fraction of sp³-hybridized carbons (Fsp3) is 0.160. The number of ether oxygens (including phenoxy) is 1. The third kappa shape index (κ3) is 3.98. The molecule has 0 radical (unpaired) electrons. The molecular formula is C25H22N4O3. The van der Waals surface area contributed by atoms with E-state index in [-0.39, 0.29) is 5.91 Å². The molecule has 7 heteroatoms. The lowest BCUT2D eigenvalue weighted by atomic mass is 10.0. The summed E-state index contributed by atoms with van der Waals surface area (Å²) < 4.78 is 5.86. The van der Waals surface area contributed by atoms with Crippen molar-refractivity contribution in [1.29, 1.82) is 0 Å². The second-order valence-corrected chi connectivity index (χ2v) is 7.63. The number of hydrogen-bond donors (Lipinski definition) is 2. The lowest BCUT2D eigenvalue weighted by Gasteiger charge is -2.19. The molecule has 5 rings (SSSR count). The molecule has 0 spiro atoms. The van der Waals surface area contributed by atoms with E-state index >= 15 is 0 Å². The zero-order chi connectivity index (χ0) is 21.9. The molecular weight excluding hydrogens is 404 g/mol. The Labute approximate surface area is 185 Å². The third-order valence-corrected chi connectivity index (χ3v) is 5.51. The van der Waals surface area contributed by atoms with Crippen molar-refractivity contribution in [2.75, 3.05) is 13.2 Å². The number of benzene rings is 2. The minimum absolute atomic E-state index is 0.146. The van der Waals surface area contributed by atoms with Crippen molar-refractivity contribution < 1.29 is 14.6 Å². The zero-order valence-corrected chi connectivity index (χ0v) is 17.3. The molecule has 160 valence electrons. The van der Waals surface area contributed by atoms with Crippen LogP contribution in [0.1, 0.15) is 33.4 Å². The number of aromatic nitrogens is 3. The van der Waals surface area contributed by atoms with Crippen LogP contribution in [0, 0.1) is 0 Å². The maximum absolute atomic E-state index is 13.2. The molecule has 0 bridgehead atoms. The Kier molecular flexibility index (Phi) is 5.39. The van der Waals surface area contributed by atoms with Crippen LogP contribution in [0.25, 0.3) is 11.3 Å². The Bertz CT molecular complexity index is 1220. The monoisotopic (exact) mass is 426 g/mol. The summed E-state index contributed by atoms with van der Waals surface area (Å²) in [4.78, 5) is 19.2.